The molecule has 33 heavy (non-hydrogen) atoms. The molecule has 5 rings (SSSR count). The number of carbonyl (C=O) groups excluding carboxylic acids is 1. The lowest BCUT2D eigenvalue weighted by Gasteiger charge is -2.35. The van der Waals surface area contributed by atoms with Crippen molar-refractivity contribution >= 4 is 33.3 Å². The van der Waals surface area contributed by atoms with E-state index in [-0.39, 0.29) is 11.8 Å². The summed E-state index contributed by atoms with van der Waals surface area (Å²) >= 11 is 1.52. The van der Waals surface area contributed by atoms with Crippen LogP contribution in [-0.4, -0.2) is 61.9 Å². The standard InChI is InChI=1S/C24H25N7OS/c1-15(2)22-27-16(3)14-19(29-22)30-10-12-31(13-11-30)24(32)21-20(25-8-9-26-21)23-28-17-6-4-5-7-18(17)33-23/h4-9,14-15H,10-13H2,1-3H3. The molecule has 8 nitrogen and oxygen atoms in total. The largest absolute Gasteiger partial charge is 0.353 e. The summed E-state index contributed by atoms with van der Waals surface area (Å²) in [5, 5.41) is 0.712. The Morgan fingerprint density at radius 2 is 1.76 bits per heavy atom. The van der Waals surface area contributed by atoms with Gasteiger partial charge in [0.15, 0.2) is 5.69 Å². The second-order valence-electron chi connectivity index (χ2n) is 8.40. The lowest BCUT2D eigenvalue weighted by Crippen LogP contribution is -2.49. The van der Waals surface area contributed by atoms with E-state index in [1.807, 2.05) is 42.2 Å². The van der Waals surface area contributed by atoms with Gasteiger partial charge in [-0.3, -0.25) is 4.79 Å². The minimum absolute atomic E-state index is 0.112. The van der Waals surface area contributed by atoms with Crippen LogP contribution in [0.25, 0.3) is 20.9 Å². The van der Waals surface area contributed by atoms with E-state index in [1.54, 1.807) is 12.4 Å². The maximum atomic E-state index is 13.4. The van der Waals surface area contributed by atoms with Crippen LogP contribution >= 0.6 is 11.3 Å². The summed E-state index contributed by atoms with van der Waals surface area (Å²) in [5.41, 5.74) is 2.75. The number of rotatable bonds is 4. The van der Waals surface area contributed by atoms with Crippen molar-refractivity contribution in [1.82, 2.24) is 29.8 Å². The molecule has 1 aromatic carbocycles. The van der Waals surface area contributed by atoms with Crippen molar-refractivity contribution in [2.24, 2.45) is 0 Å². The highest BCUT2D eigenvalue weighted by Crippen LogP contribution is 2.30. The lowest BCUT2D eigenvalue weighted by molar-refractivity contribution is 0.0741. The number of aryl methyl sites for hydroxylation is 1. The molecule has 4 heterocycles. The number of amides is 1. The number of hydrogen-bond donors (Lipinski definition) is 0. The van der Waals surface area contributed by atoms with Crippen molar-refractivity contribution in [1.29, 1.82) is 0 Å². The average Bonchev–Trinajstić information content (AvgIpc) is 3.27. The fraction of sp³-hybridized carbons (Fsp3) is 0.333. The van der Waals surface area contributed by atoms with Gasteiger partial charge in [-0.15, -0.1) is 11.3 Å². The molecule has 168 valence electrons. The zero-order chi connectivity index (χ0) is 22.9. The fourth-order valence-corrected chi connectivity index (χ4v) is 4.87. The molecule has 0 atom stereocenters. The summed E-state index contributed by atoms with van der Waals surface area (Å²) in [6, 6.07) is 9.93. The van der Waals surface area contributed by atoms with Crippen LogP contribution in [0.2, 0.25) is 0 Å². The number of nitrogens with zero attached hydrogens (tertiary/aromatic N) is 7. The molecular weight excluding hydrogens is 434 g/mol. The number of thiazole rings is 1. The Labute approximate surface area is 196 Å². The summed E-state index contributed by atoms with van der Waals surface area (Å²) in [5.74, 6) is 1.93. The Morgan fingerprint density at radius 3 is 2.52 bits per heavy atom. The quantitative estimate of drug-likeness (QED) is 0.457. The summed E-state index contributed by atoms with van der Waals surface area (Å²) < 4.78 is 1.06. The molecule has 1 aliphatic heterocycles. The SMILES string of the molecule is Cc1cc(N2CCN(C(=O)c3nccnc3-c3nc4ccccc4s3)CC2)nc(C(C)C)n1. The third-order valence-electron chi connectivity index (χ3n) is 5.66. The monoisotopic (exact) mass is 459 g/mol. The average molecular weight is 460 g/mol. The van der Waals surface area contributed by atoms with Crippen molar-refractivity contribution in [2.45, 2.75) is 26.7 Å². The van der Waals surface area contributed by atoms with E-state index in [1.165, 1.54) is 11.3 Å². The van der Waals surface area contributed by atoms with Gasteiger partial charge in [-0.25, -0.2) is 24.9 Å². The first-order valence-electron chi connectivity index (χ1n) is 11.1. The predicted octanol–water partition coefficient (Wildman–Crippen LogP) is 3.94. The van der Waals surface area contributed by atoms with Gasteiger partial charge in [0, 0.05) is 56.3 Å². The van der Waals surface area contributed by atoms with Gasteiger partial charge >= 0.3 is 0 Å². The fourth-order valence-electron chi connectivity index (χ4n) is 3.91. The van der Waals surface area contributed by atoms with Crippen molar-refractivity contribution in [3.63, 3.8) is 0 Å². The minimum atomic E-state index is -0.112. The van der Waals surface area contributed by atoms with Gasteiger partial charge in [0.2, 0.25) is 0 Å². The molecule has 1 fully saturated rings. The van der Waals surface area contributed by atoms with Crippen LogP contribution in [0.4, 0.5) is 5.82 Å². The molecule has 0 radical (unpaired) electrons. The van der Waals surface area contributed by atoms with Gasteiger partial charge in [-0.2, -0.15) is 0 Å². The van der Waals surface area contributed by atoms with Gasteiger partial charge in [0.1, 0.15) is 22.3 Å². The molecule has 0 saturated carbocycles. The van der Waals surface area contributed by atoms with Crippen LogP contribution in [0, 0.1) is 6.92 Å². The minimum Gasteiger partial charge on any atom is -0.353 e. The normalized spacial score (nSPS) is 14.3. The topological polar surface area (TPSA) is 88.0 Å². The van der Waals surface area contributed by atoms with Crippen LogP contribution in [0.1, 0.15) is 41.8 Å². The van der Waals surface area contributed by atoms with Gasteiger partial charge in [-0.1, -0.05) is 26.0 Å². The Kier molecular flexibility index (Phi) is 5.72. The molecule has 1 saturated heterocycles. The molecule has 0 spiro atoms. The van der Waals surface area contributed by atoms with Crippen molar-refractivity contribution in [3.05, 3.63) is 59.9 Å². The molecule has 1 amide bonds. The van der Waals surface area contributed by atoms with E-state index in [2.05, 4.69) is 38.7 Å². The molecule has 0 aliphatic carbocycles. The van der Waals surface area contributed by atoms with Crippen LogP contribution in [-0.2, 0) is 0 Å². The van der Waals surface area contributed by atoms with E-state index < -0.39 is 0 Å². The zero-order valence-corrected chi connectivity index (χ0v) is 19.7. The molecule has 4 aromatic rings. The second-order valence-corrected chi connectivity index (χ2v) is 9.43. The van der Waals surface area contributed by atoms with E-state index in [4.69, 9.17) is 4.98 Å². The number of benzene rings is 1. The van der Waals surface area contributed by atoms with E-state index >= 15 is 0 Å². The molecule has 0 N–H and O–H groups in total. The maximum absolute atomic E-state index is 13.4. The molecule has 9 heteroatoms. The number of aromatic nitrogens is 5. The second kappa shape index (κ2) is 8.82. The maximum Gasteiger partial charge on any atom is 0.274 e. The highest BCUT2D eigenvalue weighted by Gasteiger charge is 2.27. The third kappa shape index (κ3) is 4.28. The molecular formula is C24H25N7OS. The zero-order valence-electron chi connectivity index (χ0n) is 18.9. The van der Waals surface area contributed by atoms with Crippen LogP contribution in [0.15, 0.2) is 42.7 Å². The Bertz CT molecular complexity index is 1280. The number of para-hydroxylation sites is 1. The smallest absolute Gasteiger partial charge is 0.274 e. The first kappa shape index (κ1) is 21.4. The number of anilines is 1. The first-order chi connectivity index (χ1) is 16.0. The first-order valence-corrected chi connectivity index (χ1v) is 11.9. The summed E-state index contributed by atoms with van der Waals surface area (Å²) in [6.45, 7) is 8.78. The Hall–Kier alpha value is -3.46. The van der Waals surface area contributed by atoms with E-state index in [0.29, 0.717) is 42.6 Å². The van der Waals surface area contributed by atoms with Gasteiger partial charge < -0.3 is 9.80 Å². The van der Waals surface area contributed by atoms with Gasteiger partial charge in [0.25, 0.3) is 5.91 Å². The van der Waals surface area contributed by atoms with Crippen LogP contribution < -0.4 is 4.90 Å². The number of carbonyl (C=O) groups is 1. The van der Waals surface area contributed by atoms with E-state index in [9.17, 15) is 4.79 Å². The predicted molar refractivity (Wildman–Crippen MR) is 130 cm³/mol. The number of hydrogen-bond acceptors (Lipinski definition) is 8. The molecule has 0 bridgehead atoms. The summed E-state index contributed by atoms with van der Waals surface area (Å²) in [7, 11) is 0. The Balaban J connectivity index is 1.35. The lowest BCUT2D eigenvalue weighted by atomic mass is 10.2. The molecule has 0 unspecified atom stereocenters. The molecule has 3 aromatic heterocycles. The number of piperazine rings is 1. The summed E-state index contributed by atoms with van der Waals surface area (Å²) in [6.07, 6.45) is 3.18. The number of fused-ring (bicyclic) bond motifs is 1. The highest BCUT2D eigenvalue weighted by atomic mass is 32.1. The van der Waals surface area contributed by atoms with Crippen LogP contribution in [0.3, 0.4) is 0 Å². The van der Waals surface area contributed by atoms with Crippen LogP contribution in [0.5, 0.6) is 0 Å². The highest BCUT2D eigenvalue weighted by molar-refractivity contribution is 7.21. The van der Waals surface area contributed by atoms with Crippen molar-refractivity contribution in [3.8, 4) is 10.7 Å². The summed E-state index contributed by atoms with van der Waals surface area (Å²) in [4.78, 5) is 40.3. The Morgan fingerprint density at radius 1 is 1.00 bits per heavy atom. The van der Waals surface area contributed by atoms with E-state index in [0.717, 1.165) is 27.6 Å². The van der Waals surface area contributed by atoms with Gasteiger partial charge in [0.05, 0.1) is 10.2 Å². The van der Waals surface area contributed by atoms with Crippen molar-refractivity contribution < 1.29 is 4.79 Å². The van der Waals surface area contributed by atoms with Crippen molar-refractivity contribution in [2.75, 3.05) is 31.1 Å². The third-order valence-corrected chi connectivity index (χ3v) is 6.71. The molecule has 1 aliphatic rings. The van der Waals surface area contributed by atoms with Gasteiger partial charge in [-0.05, 0) is 19.1 Å².